The average molecular weight is 199 g/mol. The molecule has 0 amide bonds. The molecule has 1 aliphatic rings. The van der Waals surface area contributed by atoms with E-state index < -0.39 is 0 Å². The molecule has 0 heterocycles. The molecule has 0 saturated heterocycles. The summed E-state index contributed by atoms with van der Waals surface area (Å²) in [4.78, 5) is 11.7. The summed E-state index contributed by atoms with van der Waals surface area (Å²) >= 11 is 0. The maximum Gasteiger partial charge on any atom is 0.326 e. The zero-order valence-corrected chi connectivity index (χ0v) is 9.43. The Balaban J connectivity index is 2.65. The second kappa shape index (κ2) is 4.78. The fraction of sp³-hybridized carbons (Fsp3) is 0.909. The highest BCUT2D eigenvalue weighted by atomic mass is 16.5. The van der Waals surface area contributed by atoms with Crippen LogP contribution in [-0.4, -0.2) is 25.2 Å². The minimum atomic E-state index is -0.385. The summed E-state index contributed by atoms with van der Waals surface area (Å²) in [7, 11) is 1.47. The van der Waals surface area contributed by atoms with E-state index in [-0.39, 0.29) is 11.5 Å². The highest BCUT2D eigenvalue weighted by Crippen LogP contribution is 2.35. The van der Waals surface area contributed by atoms with Gasteiger partial charge in [0.25, 0.3) is 0 Å². The van der Waals surface area contributed by atoms with E-state index in [9.17, 15) is 4.79 Å². The van der Waals surface area contributed by atoms with Crippen molar-refractivity contribution in [3.63, 3.8) is 0 Å². The van der Waals surface area contributed by atoms with E-state index in [2.05, 4.69) is 19.2 Å². The molecule has 1 rings (SSSR count). The zero-order chi connectivity index (χ0) is 10.6. The van der Waals surface area contributed by atoms with E-state index in [1.165, 1.54) is 7.11 Å². The first-order valence-electron chi connectivity index (χ1n) is 5.48. The first kappa shape index (κ1) is 11.5. The quantitative estimate of drug-likeness (QED) is 0.701. The van der Waals surface area contributed by atoms with Gasteiger partial charge in [-0.25, -0.2) is 0 Å². The number of nitrogens with one attached hydrogen (secondary N) is 1. The maximum atomic E-state index is 11.7. The maximum absolute atomic E-state index is 11.7. The van der Waals surface area contributed by atoms with Gasteiger partial charge >= 0.3 is 5.97 Å². The molecular weight excluding hydrogens is 178 g/mol. The topological polar surface area (TPSA) is 38.3 Å². The summed E-state index contributed by atoms with van der Waals surface area (Å²) in [5.41, 5.74) is -0.385. The van der Waals surface area contributed by atoms with Crippen LogP contribution in [-0.2, 0) is 9.53 Å². The number of esters is 1. The summed E-state index contributed by atoms with van der Waals surface area (Å²) in [6.45, 7) is 5.19. The minimum Gasteiger partial charge on any atom is -0.468 e. The molecule has 0 aliphatic heterocycles. The number of rotatable bonds is 4. The smallest absolute Gasteiger partial charge is 0.326 e. The van der Waals surface area contributed by atoms with Gasteiger partial charge in [-0.3, -0.25) is 4.79 Å². The van der Waals surface area contributed by atoms with Gasteiger partial charge in [-0.2, -0.15) is 0 Å². The molecule has 0 bridgehead atoms. The lowest BCUT2D eigenvalue weighted by atomic mass is 9.96. The van der Waals surface area contributed by atoms with Gasteiger partial charge in [-0.1, -0.05) is 13.8 Å². The van der Waals surface area contributed by atoms with Crippen LogP contribution in [0, 0.1) is 5.92 Å². The molecule has 3 nitrogen and oxygen atoms in total. The predicted octanol–water partition coefficient (Wildman–Crippen LogP) is 1.72. The molecule has 82 valence electrons. The summed E-state index contributed by atoms with van der Waals surface area (Å²) in [5.74, 6) is 0.536. The van der Waals surface area contributed by atoms with Gasteiger partial charge in [-0.15, -0.1) is 0 Å². The van der Waals surface area contributed by atoms with Crippen molar-refractivity contribution in [2.24, 2.45) is 5.92 Å². The van der Waals surface area contributed by atoms with E-state index in [0.29, 0.717) is 5.92 Å². The Morgan fingerprint density at radius 1 is 1.64 bits per heavy atom. The van der Waals surface area contributed by atoms with Crippen molar-refractivity contribution in [3.8, 4) is 0 Å². The van der Waals surface area contributed by atoms with E-state index in [0.717, 1.165) is 32.2 Å². The summed E-state index contributed by atoms with van der Waals surface area (Å²) in [5, 5.41) is 3.35. The van der Waals surface area contributed by atoms with Crippen LogP contribution in [0.15, 0.2) is 0 Å². The third-order valence-corrected chi connectivity index (χ3v) is 3.05. The number of carbonyl (C=O) groups is 1. The number of ether oxygens (including phenoxy) is 1. The molecule has 2 atom stereocenters. The Morgan fingerprint density at radius 3 is 2.79 bits per heavy atom. The molecule has 14 heavy (non-hydrogen) atoms. The molecule has 0 aromatic rings. The molecule has 0 aromatic carbocycles. The van der Waals surface area contributed by atoms with Crippen LogP contribution in [0.1, 0.15) is 39.5 Å². The summed E-state index contributed by atoms with van der Waals surface area (Å²) in [6.07, 6.45) is 4.00. The first-order valence-corrected chi connectivity index (χ1v) is 5.48. The van der Waals surface area contributed by atoms with Gasteiger partial charge in [0.1, 0.15) is 5.54 Å². The Kier molecular flexibility index (Phi) is 3.93. The molecule has 1 N–H and O–H groups in total. The normalized spacial score (nSPS) is 31.8. The molecule has 2 unspecified atom stereocenters. The second-order valence-corrected chi connectivity index (χ2v) is 4.35. The van der Waals surface area contributed by atoms with E-state index in [4.69, 9.17) is 4.74 Å². The molecule has 0 spiro atoms. The molecule has 1 fully saturated rings. The molecule has 0 aromatic heterocycles. The number of hydrogen-bond acceptors (Lipinski definition) is 3. The lowest BCUT2D eigenvalue weighted by Gasteiger charge is -2.27. The van der Waals surface area contributed by atoms with Gasteiger partial charge < -0.3 is 10.1 Å². The standard InChI is InChI=1S/C11H21NO2/c1-4-7-12-11(10(13)14-3)6-5-9(2)8-11/h9,12H,4-8H2,1-3H3. The van der Waals surface area contributed by atoms with Crippen molar-refractivity contribution >= 4 is 5.97 Å². The SMILES string of the molecule is CCCNC1(C(=O)OC)CCC(C)C1. The second-order valence-electron chi connectivity index (χ2n) is 4.35. The lowest BCUT2D eigenvalue weighted by Crippen LogP contribution is -2.51. The molecule has 1 saturated carbocycles. The fourth-order valence-corrected chi connectivity index (χ4v) is 2.27. The van der Waals surface area contributed by atoms with Crippen molar-refractivity contribution in [2.75, 3.05) is 13.7 Å². The van der Waals surface area contributed by atoms with Crippen molar-refractivity contribution in [1.82, 2.24) is 5.32 Å². The van der Waals surface area contributed by atoms with E-state index >= 15 is 0 Å². The molecule has 1 aliphatic carbocycles. The molecular formula is C11H21NO2. The van der Waals surface area contributed by atoms with Gasteiger partial charge in [0, 0.05) is 0 Å². The third kappa shape index (κ3) is 2.27. The molecule has 0 radical (unpaired) electrons. The monoisotopic (exact) mass is 199 g/mol. The predicted molar refractivity (Wildman–Crippen MR) is 56.1 cm³/mol. The fourth-order valence-electron chi connectivity index (χ4n) is 2.27. The third-order valence-electron chi connectivity index (χ3n) is 3.05. The average Bonchev–Trinajstić information content (AvgIpc) is 2.57. The van der Waals surface area contributed by atoms with Gasteiger partial charge in [0.15, 0.2) is 0 Å². The number of hydrogen-bond donors (Lipinski definition) is 1. The van der Waals surface area contributed by atoms with Gasteiger partial charge in [0.05, 0.1) is 7.11 Å². The number of carbonyl (C=O) groups excluding carboxylic acids is 1. The Bertz CT molecular complexity index is 205. The first-order chi connectivity index (χ1) is 6.64. The van der Waals surface area contributed by atoms with Crippen LogP contribution in [0.3, 0.4) is 0 Å². The highest BCUT2D eigenvalue weighted by molar-refractivity contribution is 5.81. The largest absolute Gasteiger partial charge is 0.468 e. The van der Waals surface area contributed by atoms with Crippen molar-refractivity contribution in [3.05, 3.63) is 0 Å². The van der Waals surface area contributed by atoms with Gasteiger partial charge in [-0.05, 0) is 38.1 Å². The van der Waals surface area contributed by atoms with Crippen molar-refractivity contribution in [1.29, 1.82) is 0 Å². The highest BCUT2D eigenvalue weighted by Gasteiger charge is 2.44. The van der Waals surface area contributed by atoms with Crippen molar-refractivity contribution < 1.29 is 9.53 Å². The van der Waals surface area contributed by atoms with Crippen LogP contribution < -0.4 is 5.32 Å². The Morgan fingerprint density at radius 2 is 2.36 bits per heavy atom. The number of methoxy groups -OCH3 is 1. The van der Waals surface area contributed by atoms with Crippen LogP contribution >= 0.6 is 0 Å². The lowest BCUT2D eigenvalue weighted by molar-refractivity contribution is -0.148. The van der Waals surface area contributed by atoms with E-state index in [1.54, 1.807) is 0 Å². The Hall–Kier alpha value is -0.570. The minimum absolute atomic E-state index is 0.0877. The summed E-state index contributed by atoms with van der Waals surface area (Å²) in [6, 6.07) is 0. The van der Waals surface area contributed by atoms with Crippen LogP contribution in [0.25, 0.3) is 0 Å². The van der Waals surface area contributed by atoms with Gasteiger partial charge in [0.2, 0.25) is 0 Å². The van der Waals surface area contributed by atoms with Crippen LogP contribution in [0.4, 0.5) is 0 Å². The van der Waals surface area contributed by atoms with E-state index in [1.807, 2.05) is 0 Å². The van der Waals surface area contributed by atoms with Crippen molar-refractivity contribution in [2.45, 2.75) is 45.1 Å². The Labute approximate surface area is 86.2 Å². The van der Waals surface area contributed by atoms with Crippen LogP contribution in [0.5, 0.6) is 0 Å². The zero-order valence-electron chi connectivity index (χ0n) is 9.43. The van der Waals surface area contributed by atoms with Crippen LogP contribution in [0.2, 0.25) is 0 Å². The summed E-state index contributed by atoms with van der Waals surface area (Å²) < 4.78 is 4.88. The molecule has 3 heteroatoms.